The molecule has 1 aromatic heterocycles. The first-order valence-corrected chi connectivity index (χ1v) is 9.29. The van der Waals surface area contributed by atoms with E-state index >= 15 is 0 Å². The van der Waals surface area contributed by atoms with Crippen molar-refractivity contribution in [3.63, 3.8) is 0 Å². The van der Waals surface area contributed by atoms with Crippen molar-refractivity contribution >= 4 is 17.2 Å². The standard InChI is InChI=1S/C19H24N2O2S/c1-23-18-7-3-2-5-15(18)10-11-20-19(22)14-21(16-8-9-16)13-17-6-4-12-24-17/h2-7,12,16H,8-11,13-14H2,1H3,(H,20,22). The third kappa shape index (κ3) is 4.82. The number of ether oxygens (including phenoxy) is 1. The molecule has 1 amide bonds. The number of nitrogens with zero attached hydrogens (tertiary/aromatic N) is 1. The Hall–Kier alpha value is -1.85. The number of amides is 1. The molecular weight excluding hydrogens is 320 g/mol. The van der Waals surface area contributed by atoms with E-state index in [1.807, 2.05) is 24.3 Å². The van der Waals surface area contributed by atoms with E-state index in [2.05, 4.69) is 27.7 Å². The van der Waals surface area contributed by atoms with Gasteiger partial charge in [0, 0.05) is 24.0 Å². The summed E-state index contributed by atoms with van der Waals surface area (Å²) in [5, 5.41) is 5.13. The third-order valence-corrected chi connectivity index (χ3v) is 5.12. The number of methoxy groups -OCH3 is 1. The second kappa shape index (κ2) is 8.31. The van der Waals surface area contributed by atoms with Gasteiger partial charge in [-0.3, -0.25) is 9.69 Å². The molecule has 0 aliphatic heterocycles. The number of benzene rings is 1. The highest BCUT2D eigenvalue weighted by atomic mass is 32.1. The highest BCUT2D eigenvalue weighted by Crippen LogP contribution is 2.28. The maximum absolute atomic E-state index is 12.3. The zero-order valence-corrected chi connectivity index (χ0v) is 14.8. The van der Waals surface area contributed by atoms with Gasteiger partial charge in [-0.05, 0) is 42.3 Å². The summed E-state index contributed by atoms with van der Waals surface area (Å²) in [7, 11) is 1.68. The summed E-state index contributed by atoms with van der Waals surface area (Å²) in [6.45, 7) is 1.99. The van der Waals surface area contributed by atoms with Crippen molar-refractivity contribution in [1.29, 1.82) is 0 Å². The van der Waals surface area contributed by atoms with E-state index in [1.165, 1.54) is 17.7 Å². The summed E-state index contributed by atoms with van der Waals surface area (Å²) >= 11 is 1.76. The SMILES string of the molecule is COc1ccccc1CCNC(=O)CN(Cc1cccs1)C1CC1. The van der Waals surface area contributed by atoms with Crippen LogP contribution in [0.15, 0.2) is 41.8 Å². The van der Waals surface area contributed by atoms with E-state index in [1.54, 1.807) is 18.4 Å². The molecule has 1 aliphatic carbocycles. The fourth-order valence-corrected chi connectivity index (χ4v) is 3.57. The first-order chi connectivity index (χ1) is 11.8. The smallest absolute Gasteiger partial charge is 0.234 e. The molecule has 1 saturated carbocycles. The molecular formula is C19H24N2O2S. The molecule has 0 unspecified atom stereocenters. The molecule has 2 aromatic rings. The van der Waals surface area contributed by atoms with Crippen LogP contribution >= 0.6 is 11.3 Å². The van der Waals surface area contributed by atoms with Crippen molar-refractivity contribution in [3.8, 4) is 5.75 Å². The average molecular weight is 344 g/mol. The molecule has 0 bridgehead atoms. The fourth-order valence-electron chi connectivity index (χ4n) is 2.84. The highest BCUT2D eigenvalue weighted by molar-refractivity contribution is 7.09. The Morgan fingerprint density at radius 2 is 2.12 bits per heavy atom. The molecule has 128 valence electrons. The minimum absolute atomic E-state index is 0.105. The Kier molecular flexibility index (Phi) is 5.88. The van der Waals surface area contributed by atoms with Gasteiger partial charge in [0.1, 0.15) is 5.75 Å². The van der Waals surface area contributed by atoms with Gasteiger partial charge in [0.15, 0.2) is 0 Å². The number of nitrogens with one attached hydrogen (secondary N) is 1. The Morgan fingerprint density at radius 1 is 1.29 bits per heavy atom. The largest absolute Gasteiger partial charge is 0.496 e. The molecule has 1 fully saturated rings. The van der Waals surface area contributed by atoms with Crippen LogP contribution in [0, 0.1) is 0 Å². The topological polar surface area (TPSA) is 41.6 Å². The van der Waals surface area contributed by atoms with E-state index in [-0.39, 0.29) is 5.91 Å². The number of thiophene rings is 1. The van der Waals surface area contributed by atoms with Gasteiger partial charge in [-0.15, -0.1) is 11.3 Å². The summed E-state index contributed by atoms with van der Waals surface area (Å²) in [4.78, 5) is 15.9. The van der Waals surface area contributed by atoms with Crippen molar-refractivity contribution in [2.24, 2.45) is 0 Å². The molecule has 1 N–H and O–H groups in total. The quantitative estimate of drug-likeness (QED) is 0.760. The monoisotopic (exact) mass is 344 g/mol. The lowest BCUT2D eigenvalue weighted by Crippen LogP contribution is -2.38. The van der Waals surface area contributed by atoms with Gasteiger partial charge < -0.3 is 10.1 Å². The Bertz CT molecular complexity index is 653. The number of rotatable bonds is 9. The molecule has 1 aliphatic rings. The molecule has 24 heavy (non-hydrogen) atoms. The first kappa shape index (κ1) is 17.0. The molecule has 1 heterocycles. The van der Waals surface area contributed by atoms with Crippen LogP contribution in [0.1, 0.15) is 23.3 Å². The van der Waals surface area contributed by atoms with Crippen LogP contribution in [0.5, 0.6) is 5.75 Å². The predicted molar refractivity (Wildman–Crippen MR) is 97.5 cm³/mol. The maximum atomic E-state index is 12.3. The van der Waals surface area contributed by atoms with Gasteiger partial charge in [0.05, 0.1) is 13.7 Å². The normalized spacial score (nSPS) is 13.9. The van der Waals surface area contributed by atoms with Crippen LogP contribution in [0.4, 0.5) is 0 Å². The van der Waals surface area contributed by atoms with E-state index in [4.69, 9.17) is 4.74 Å². The van der Waals surface area contributed by atoms with Crippen LogP contribution in [0.2, 0.25) is 0 Å². The third-order valence-electron chi connectivity index (χ3n) is 4.26. The number of carbonyl (C=O) groups is 1. The Labute approximate surface area is 147 Å². The number of carbonyl (C=O) groups excluding carboxylic acids is 1. The summed E-state index contributed by atoms with van der Waals surface area (Å²) in [6.07, 6.45) is 3.20. The molecule has 3 rings (SSSR count). The lowest BCUT2D eigenvalue weighted by atomic mass is 10.1. The zero-order valence-electron chi connectivity index (χ0n) is 14.0. The summed E-state index contributed by atoms with van der Waals surface area (Å²) in [5.74, 6) is 0.984. The second-order valence-electron chi connectivity index (χ2n) is 6.13. The molecule has 4 nitrogen and oxygen atoms in total. The number of hydrogen-bond acceptors (Lipinski definition) is 4. The predicted octanol–water partition coefficient (Wildman–Crippen LogP) is 3.08. The van der Waals surface area contributed by atoms with Gasteiger partial charge in [-0.2, -0.15) is 0 Å². The molecule has 1 aromatic carbocycles. The fraction of sp³-hybridized carbons (Fsp3) is 0.421. The van der Waals surface area contributed by atoms with Crippen LogP contribution in [0.25, 0.3) is 0 Å². The molecule has 0 radical (unpaired) electrons. The molecule has 5 heteroatoms. The van der Waals surface area contributed by atoms with Gasteiger partial charge in [-0.1, -0.05) is 24.3 Å². The summed E-state index contributed by atoms with van der Waals surface area (Å²) in [6, 6.07) is 12.7. The minimum atomic E-state index is 0.105. The lowest BCUT2D eigenvalue weighted by molar-refractivity contribution is -0.122. The first-order valence-electron chi connectivity index (χ1n) is 8.41. The summed E-state index contributed by atoms with van der Waals surface area (Å²) < 4.78 is 5.35. The Balaban J connectivity index is 1.46. The van der Waals surface area contributed by atoms with Crippen molar-refractivity contribution in [3.05, 3.63) is 52.2 Å². The summed E-state index contributed by atoms with van der Waals surface area (Å²) in [5.41, 5.74) is 1.12. The zero-order chi connectivity index (χ0) is 16.8. The van der Waals surface area contributed by atoms with E-state index < -0.39 is 0 Å². The maximum Gasteiger partial charge on any atom is 0.234 e. The van der Waals surface area contributed by atoms with Gasteiger partial charge in [-0.25, -0.2) is 0 Å². The van der Waals surface area contributed by atoms with Gasteiger partial charge >= 0.3 is 0 Å². The lowest BCUT2D eigenvalue weighted by Gasteiger charge is -2.20. The minimum Gasteiger partial charge on any atom is -0.496 e. The van der Waals surface area contributed by atoms with E-state index in [0.717, 1.165) is 24.3 Å². The highest BCUT2D eigenvalue weighted by Gasteiger charge is 2.30. The van der Waals surface area contributed by atoms with Crippen LogP contribution in [-0.2, 0) is 17.8 Å². The van der Waals surface area contributed by atoms with Crippen LogP contribution < -0.4 is 10.1 Å². The Morgan fingerprint density at radius 3 is 2.83 bits per heavy atom. The second-order valence-corrected chi connectivity index (χ2v) is 7.16. The van der Waals surface area contributed by atoms with Gasteiger partial charge in [0.25, 0.3) is 0 Å². The van der Waals surface area contributed by atoms with E-state index in [9.17, 15) is 4.79 Å². The number of hydrogen-bond donors (Lipinski definition) is 1. The average Bonchev–Trinajstić information content (AvgIpc) is 3.32. The van der Waals surface area contributed by atoms with Crippen molar-refractivity contribution in [2.75, 3.05) is 20.2 Å². The van der Waals surface area contributed by atoms with Crippen LogP contribution in [-0.4, -0.2) is 37.0 Å². The van der Waals surface area contributed by atoms with Crippen molar-refractivity contribution in [1.82, 2.24) is 10.2 Å². The molecule has 0 spiro atoms. The molecule has 0 saturated heterocycles. The van der Waals surface area contributed by atoms with E-state index in [0.29, 0.717) is 19.1 Å². The van der Waals surface area contributed by atoms with Crippen molar-refractivity contribution in [2.45, 2.75) is 31.8 Å². The molecule has 0 atom stereocenters. The van der Waals surface area contributed by atoms with Gasteiger partial charge in [0.2, 0.25) is 5.91 Å². The number of para-hydroxylation sites is 1. The van der Waals surface area contributed by atoms with Crippen LogP contribution in [0.3, 0.4) is 0 Å². The van der Waals surface area contributed by atoms with Crippen molar-refractivity contribution < 1.29 is 9.53 Å².